The molecule has 7 nitrogen and oxygen atoms in total. The molecule has 10 heteroatoms. The first-order valence-electron chi connectivity index (χ1n) is 11.0. The Bertz CT molecular complexity index is 659. The fourth-order valence-corrected chi connectivity index (χ4v) is 3.41. The fourth-order valence-electron chi connectivity index (χ4n) is 3.08. The third kappa shape index (κ3) is 18.0. The number of carbonyl (C=O) groups excluding carboxylic acids is 1. The molecule has 0 aromatic heterocycles. The number of hydrogen-bond acceptors (Lipinski definition) is 6. The number of phosphoric ester groups is 1. The molecular weight excluding hydrogens is 451 g/mol. The van der Waals surface area contributed by atoms with Gasteiger partial charge in [0.05, 0.1) is 27.1 Å². The minimum absolute atomic E-state index is 0. The zero-order valence-corrected chi connectivity index (χ0v) is 25.2. The molecule has 0 aliphatic rings. The van der Waals surface area contributed by atoms with Crippen molar-refractivity contribution in [3.8, 4) is 5.75 Å². The van der Waals surface area contributed by atoms with Crippen molar-refractivity contribution < 1.29 is 87.5 Å². The summed E-state index contributed by atoms with van der Waals surface area (Å²) in [5.74, 6) is 0.438. The van der Waals surface area contributed by atoms with Crippen LogP contribution in [0.2, 0.25) is 0 Å². The van der Waals surface area contributed by atoms with Gasteiger partial charge in [-0.3, -0.25) is 4.79 Å². The number of phosphoric acid groups is 1. The Balaban J connectivity index is 0. The maximum absolute atomic E-state index is 12.3. The van der Waals surface area contributed by atoms with Gasteiger partial charge in [0.25, 0.3) is 0 Å². The molecule has 0 saturated heterocycles. The number of ether oxygens (including phenoxy) is 1. The van der Waals surface area contributed by atoms with Gasteiger partial charge in [0, 0.05) is 6.42 Å². The third-order valence-electron chi connectivity index (χ3n) is 4.77. The smallest absolute Gasteiger partial charge is 0.790 e. The molecule has 0 saturated carbocycles. The summed E-state index contributed by atoms with van der Waals surface area (Å²) >= 11 is 0. The minimum atomic E-state index is -5.14. The van der Waals surface area contributed by atoms with Gasteiger partial charge in [-0.05, 0) is 30.5 Å². The summed E-state index contributed by atoms with van der Waals surface area (Å²) in [5, 5.41) is 2.79. The molecule has 0 heterocycles. The van der Waals surface area contributed by atoms with Gasteiger partial charge in [-0.15, -0.1) is 0 Å². The van der Waals surface area contributed by atoms with E-state index in [0.717, 1.165) is 57.8 Å². The van der Waals surface area contributed by atoms with Crippen molar-refractivity contribution in [2.45, 2.75) is 84.1 Å². The van der Waals surface area contributed by atoms with E-state index < -0.39 is 20.5 Å². The molecule has 1 atom stereocenters. The molecule has 0 aliphatic heterocycles. The van der Waals surface area contributed by atoms with Gasteiger partial charge in [-0.2, -0.15) is 0 Å². The summed E-state index contributed by atoms with van der Waals surface area (Å²) < 4.78 is 21.2. The topological polar surface area (TPSA) is 111 Å². The van der Waals surface area contributed by atoms with Crippen LogP contribution in [-0.2, 0) is 13.9 Å². The third-order valence-corrected chi connectivity index (χ3v) is 5.23. The van der Waals surface area contributed by atoms with Crippen LogP contribution in [-0.4, -0.2) is 19.1 Å². The van der Waals surface area contributed by atoms with Crippen LogP contribution in [0.15, 0.2) is 24.3 Å². The van der Waals surface area contributed by atoms with Gasteiger partial charge in [-0.25, -0.2) is 0 Å². The summed E-state index contributed by atoms with van der Waals surface area (Å²) in [6.45, 7) is 4.43. The van der Waals surface area contributed by atoms with E-state index in [4.69, 9.17) is 4.74 Å². The van der Waals surface area contributed by atoms with Crippen molar-refractivity contribution in [2.75, 3.05) is 13.2 Å². The molecule has 1 amide bonds. The molecule has 1 N–H and O–H groups in total. The minimum Gasteiger partial charge on any atom is -0.790 e. The number of hydrogen-bond donors (Lipinski definition) is 1. The summed E-state index contributed by atoms with van der Waals surface area (Å²) in [5.41, 5.74) is 0.633. The Labute approximate surface area is 237 Å². The van der Waals surface area contributed by atoms with E-state index in [1.807, 2.05) is 6.07 Å². The van der Waals surface area contributed by atoms with Crippen LogP contribution in [0.3, 0.4) is 0 Å². The Hall–Kier alpha value is 0.600. The molecule has 0 radical (unpaired) electrons. The summed E-state index contributed by atoms with van der Waals surface area (Å²) in [6, 6.07) is 6.33. The van der Waals surface area contributed by atoms with Crippen molar-refractivity contribution in [1.82, 2.24) is 5.32 Å². The molecule has 32 heavy (non-hydrogen) atoms. The standard InChI is InChI=1S/C22H38NO6P.2Na/c1-3-5-7-9-10-15-22(24)23-21(18-29-30(25,26)27)19-13-12-14-20(17-19)28-16-11-8-6-4-2;;/h12-14,17,21H,3-11,15-16,18H2,1-2H3,(H,23,24)(H2,25,26,27);;/q;2*+1/p-2. The molecule has 172 valence electrons. The number of unbranched alkanes of at least 4 members (excludes halogenated alkanes) is 7. The van der Waals surface area contributed by atoms with Gasteiger partial charge in [0.1, 0.15) is 5.75 Å². The van der Waals surface area contributed by atoms with Crippen LogP contribution in [0.5, 0.6) is 5.75 Å². The van der Waals surface area contributed by atoms with Crippen LogP contribution in [0, 0.1) is 0 Å². The van der Waals surface area contributed by atoms with E-state index in [2.05, 4.69) is 23.7 Å². The number of nitrogens with one attached hydrogen (secondary N) is 1. The quantitative estimate of drug-likeness (QED) is 0.155. The normalized spacial score (nSPS) is 11.8. The molecule has 0 fully saturated rings. The Morgan fingerprint density at radius 2 is 1.62 bits per heavy atom. The van der Waals surface area contributed by atoms with Crippen molar-refractivity contribution >= 4 is 13.7 Å². The van der Waals surface area contributed by atoms with Crippen LogP contribution in [0.1, 0.15) is 89.7 Å². The van der Waals surface area contributed by atoms with Gasteiger partial charge in [-0.1, -0.05) is 70.9 Å². The summed E-state index contributed by atoms with van der Waals surface area (Å²) in [6.07, 6.45) is 9.82. The van der Waals surface area contributed by atoms with E-state index in [0.29, 0.717) is 24.3 Å². The number of amides is 1. The van der Waals surface area contributed by atoms with E-state index >= 15 is 0 Å². The SMILES string of the molecule is CCCCCCCC(=O)NC(COP(=O)([O-])[O-])c1cccc(OCCCCCC)c1.[Na+].[Na+]. The Kier molecular flexibility index (Phi) is 22.7. The predicted molar refractivity (Wildman–Crippen MR) is 114 cm³/mol. The first-order chi connectivity index (χ1) is 14.4. The molecule has 1 aromatic rings. The van der Waals surface area contributed by atoms with Crippen molar-refractivity contribution in [3.05, 3.63) is 29.8 Å². The largest absolute Gasteiger partial charge is 1.00 e. The van der Waals surface area contributed by atoms with E-state index in [1.165, 1.54) is 0 Å². The molecule has 0 spiro atoms. The Morgan fingerprint density at radius 3 is 2.25 bits per heavy atom. The second kappa shape index (κ2) is 20.9. The second-order valence-corrected chi connectivity index (χ2v) is 8.66. The van der Waals surface area contributed by atoms with E-state index in [-0.39, 0.29) is 65.0 Å². The number of benzene rings is 1. The average molecular weight is 487 g/mol. The molecular formula is C22H36NNa2O6P. The summed E-state index contributed by atoms with van der Waals surface area (Å²) in [4.78, 5) is 34.2. The fraction of sp³-hybridized carbons (Fsp3) is 0.682. The first kappa shape index (κ1) is 34.8. The maximum Gasteiger partial charge on any atom is 1.00 e. The Morgan fingerprint density at radius 1 is 1.00 bits per heavy atom. The second-order valence-electron chi connectivity index (χ2n) is 7.51. The van der Waals surface area contributed by atoms with E-state index in [1.54, 1.807) is 18.2 Å². The zero-order chi connectivity index (χ0) is 22.2. The van der Waals surface area contributed by atoms with Crippen LogP contribution < -0.4 is 79.0 Å². The molecule has 0 bridgehead atoms. The van der Waals surface area contributed by atoms with Crippen molar-refractivity contribution in [3.63, 3.8) is 0 Å². The van der Waals surface area contributed by atoms with Crippen molar-refractivity contribution in [2.24, 2.45) is 0 Å². The number of rotatable bonds is 17. The van der Waals surface area contributed by atoms with Gasteiger partial charge in [0.2, 0.25) is 5.91 Å². The predicted octanol–water partition coefficient (Wildman–Crippen LogP) is -1.98. The zero-order valence-electron chi connectivity index (χ0n) is 20.3. The molecule has 0 aliphatic carbocycles. The van der Waals surface area contributed by atoms with Gasteiger partial charge >= 0.3 is 59.1 Å². The maximum atomic E-state index is 12.3. The monoisotopic (exact) mass is 487 g/mol. The van der Waals surface area contributed by atoms with Gasteiger partial charge in [0.15, 0.2) is 0 Å². The molecule has 1 aromatic carbocycles. The molecule has 1 unspecified atom stereocenters. The van der Waals surface area contributed by atoms with Crippen LogP contribution >= 0.6 is 7.82 Å². The van der Waals surface area contributed by atoms with Gasteiger partial charge < -0.3 is 28.9 Å². The average Bonchev–Trinajstić information content (AvgIpc) is 2.70. The summed E-state index contributed by atoms with van der Waals surface area (Å²) in [7, 11) is -5.14. The first-order valence-corrected chi connectivity index (χ1v) is 12.5. The van der Waals surface area contributed by atoms with Crippen LogP contribution in [0.4, 0.5) is 0 Å². The van der Waals surface area contributed by atoms with E-state index in [9.17, 15) is 19.1 Å². The van der Waals surface area contributed by atoms with Crippen LogP contribution in [0.25, 0.3) is 0 Å². The van der Waals surface area contributed by atoms with Crippen molar-refractivity contribution in [1.29, 1.82) is 0 Å². The molecule has 1 rings (SSSR count). The number of carbonyl (C=O) groups is 1.